The molecule has 1 saturated heterocycles. The Hall–Kier alpha value is -1.71. The third kappa shape index (κ3) is 3.11. The van der Waals surface area contributed by atoms with E-state index in [1.54, 1.807) is 7.11 Å². The SMILES string of the molecule is COc1cc(Cl)ccc1C1CCC2(C)C(=O)NCC2C1c1ccc(Cl)cc1. The van der Waals surface area contributed by atoms with Crippen LogP contribution in [0.4, 0.5) is 0 Å². The first-order chi connectivity index (χ1) is 12.9. The van der Waals surface area contributed by atoms with Gasteiger partial charge in [0.05, 0.1) is 12.5 Å². The summed E-state index contributed by atoms with van der Waals surface area (Å²) in [4.78, 5) is 12.6. The molecule has 2 fully saturated rings. The molecule has 4 atom stereocenters. The normalized spacial score (nSPS) is 29.9. The maximum absolute atomic E-state index is 12.6. The first kappa shape index (κ1) is 18.6. The van der Waals surface area contributed by atoms with Crippen LogP contribution < -0.4 is 10.1 Å². The second-order valence-electron chi connectivity index (χ2n) is 7.84. The van der Waals surface area contributed by atoms with Gasteiger partial charge in [0, 0.05) is 16.6 Å². The number of nitrogens with one attached hydrogen (secondary N) is 1. The van der Waals surface area contributed by atoms with Gasteiger partial charge in [-0.2, -0.15) is 0 Å². The minimum atomic E-state index is -0.333. The third-order valence-corrected chi connectivity index (χ3v) is 7.00. The van der Waals surface area contributed by atoms with Crippen molar-refractivity contribution in [2.24, 2.45) is 11.3 Å². The molecular weight excluding hydrogens is 381 g/mol. The van der Waals surface area contributed by atoms with E-state index in [9.17, 15) is 4.79 Å². The number of hydrogen-bond donors (Lipinski definition) is 1. The Morgan fingerprint density at radius 1 is 1.11 bits per heavy atom. The number of amides is 1. The van der Waals surface area contributed by atoms with Gasteiger partial charge in [0.25, 0.3) is 0 Å². The first-order valence-electron chi connectivity index (χ1n) is 9.31. The molecule has 0 bridgehead atoms. The molecule has 1 heterocycles. The highest BCUT2D eigenvalue weighted by Gasteiger charge is 2.55. The number of hydrogen-bond acceptors (Lipinski definition) is 2. The third-order valence-electron chi connectivity index (χ3n) is 6.51. The Labute approximate surface area is 170 Å². The summed E-state index contributed by atoms with van der Waals surface area (Å²) >= 11 is 12.3. The summed E-state index contributed by atoms with van der Waals surface area (Å²) in [6, 6.07) is 13.9. The summed E-state index contributed by atoms with van der Waals surface area (Å²) in [5.74, 6) is 1.67. The second kappa shape index (κ2) is 7.03. The van der Waals surface area contributed by atoms with E-state index in [0.29, 0.717) is 11.6 Å². The number of carbonyl (C=O) groups excluding carboxylic acids is 1. The number of methoxy groups -OCH3 is 1. The molecule has 1 saturated carbocycles. The van der Waals surface area contributed by atoms with Crippen LogP contribution in [-0.2, 0) is 4.79 Å². The van der Waals surface area contributed by atoms with Crippen LogP contribution in [0.25, 0.3) is 0 Å². The predicted octanol–water partition coefficient (Wildman–Crippen LogP) is 5.42. The Bertz CT molecular complexity index is 867. The molecule has 0 radical (unpaired) electrons. The van der Waals surface area contributed by atoms with Gasteiger partial charge >= 0.3 is 0 Å². The molecule has 2 aliphatic rings. The van der Waals surface area contributed by atoms with Gasteiger partial charge in [-0.1, -0.05) is 48.3 Å². The molecule has 1 amide bonds. The lowest BCUT2D eigenvalue weighted by Gasteiger charge is -2.45. The van der Waals surface area contributed by atoms with Gasteiger partial charge in [0.15, 0.2) is 0 Å². The quantitative estimate of drug-likeness (QED) is 0.742. The maximum atomic E-state index is 12.6. The molecule has 1 aliphatic heterocycles. The van der Waals surface area contributed by atoms with E-state index in [2.05, 4.69) is 30.4 Å². The van der Waals surface area contributed by atoms with Crippen molar-refractivity contribution in [2.75, 3.05) is 13.7 Å². The fraction of sp³-hybridized carbons (Fsp3) is 0.409. The zero-order valence-corrected chi connectivity index (χ0v) is 17.0. The highest BCUT2D eigenvalue weighted by molar-refractivity contribution is 6.31. The standard InChI is InChI=1S/C22H23Cl2NO2/c1-22-10-9-17(16-8-7-15(24)11-19(16)27-2)20(18(22)12-25-21(22)26)13-3-5-14(23)6-4-13/h3-8,11,17-18,20H,9-10,12H2,1-2H3,(H,25,26). The number of benzene rings is 2. The molecule has 0 aromatic heterocycles. The highest BCUT2D eigenvalue weighted by atomic mass is 35.5. The number of ether oxygens (including phenoxy) is 1. The number of halogens is 2. The molecule has 3 nitrogen and oxygen atoms in total. The molecule has 0 spiro atoms. The molecule has 2 aromatic carbocycles. The monoisotopic (exact) mass is 403 g/mol. The fourth-order valence-corrected chi connectivity index (χ4v) is 5.31. The van der Waals surface area contributed by atoms with Crippen molar-refractivity contribution in [3.8, 4) is 5.75 Å². The van der Waals surface area contributed by atoms with E-state index in [0.717, 1.165) is 29.2 Å². The van der Waals surface area contributed by atoms with Gasteiger partial charge in [-0.25, -0.2) is 0 Å². The van der Waals surface area contributed by atoms with Crippen LogP contribution in [0.2, 0.25) is 10.0 Å². The number of carbonyl (C=O) groups is 1. The molecule has 1 aliphatic carbocycles. The lowest BCUT2D eigenvalue weighted by atomic mass is 9.57. The van der Waals surface area contributed by atoms with Crippen LogP contribution in [0, 0.1) is 11.3 Å². The summed E-state index contributed by atoms with van der Waals surface area (Å²) in [5.41, 5.74) is 2.04. The van der Waals surface area contributed by atoms with Crippen LogP contribution in [0.3, 0.4) is 0 Å². The number of rotatable bonds is 3. The average Bonchev–Trinajstić information content (AvgIpc) is 2.97. The van der Waals surface area contributed by atoms with E-state index in [1.807, 2.05) is 24.3 Å². The summed E-state index contributed by atoms with van der Waals surface area (Å²) in [6.07, 6.45) is 1.79. The zero-order valence-electron chi connectivity index (χ0n) is 15.5. The van der Waals surface area contributed by atoms with Crippen LogP contribution in [0.1, 0.15) is 42.7 Å². The summed E-state index contributed by atoms with van der Waals surface area (Å²) < 4.78 is 5.65. The average molecular weight is 404 g/mol. The van der Waals surface area contributed by atoms with Gasteiger partial charge in [-0.15, -0.1) is 0 Å². The van der Waals surface area contributed by atoms with Crippen molar-refractivity contribution < 1.29 is 9.53 Å². The van der Waals surface area contributed by atoms with Crippen molar-refractivity contribution in [3.05, 3.63) is 63.6 Å². The fourth-order valence-electron chi connectivity index (χ4n) is 5.03. The maximum Gasteiger partial charge on any atom is 0.226 e. The van der Waals surface area contributed by atoms with Crippen molar-refractivity contribution in [3.63, 3.8) is 0 Å². The molecule has 4 rings (SSSR count). The van der Waals surface area contributed by atoms with Gasteiger partial charge in [0.2, 0.25) is 5.91 Å². The molecule has 1 N–H and O–H groups in total. The number of fused-ring (bicyclic) bond motifs is 1. The van der Waals surface area contributed by atoms with Crippen LogP contribution in [0.5, 0.6) is 5.75 Å². The second-order valence-corrected chi connectivity index (χ2v) is 8.72. The minimum Gasteiger partial charge on any atom is -0.496 e. The van der Waals surface area contributed by atoms with Crippen LogP contribution >= 0.6 is 23.2 Å². The van der Waals surface area contributed by atoms with E-state index in [1.165, 1.54) is 5.56 Å². The largest absolute Gasteiger partial charge is 0.496 e. The topological polar surface area (TPSA) is 38.3 Å². The molecule has 5 heteroatoms. The van der Waals surface area contributed by atoms with Crippen molar-refractivity contribution >= 4 is 29.1 Å². The van der Waals surface area contributed by atoms with Crippen molar-refractivity contribution in [2.45, 2.75) is 31.6 Å². The molecule has 4 unspecified atom stereocenters. The van der Waals surface area contributed by atoms with Crippen molar-refractivity contribution in [1.29, 1.82) is 0 Å². The van der Waals surface area contributed by atoms with Gasteiger partial charge in [0.1, 0.15) is 5.75 Å². The summed E-state index contributed by atoms with van der Waals surface area (Å²) in [5, 5.41) is 4.49. The van der Waals surface area contributed by atoms with Gasteiger partial charge in [-0.3, -0.25) is 4.79 Å². The van der Waals surface area contributed by atoms with E-state index in [4.69, 9.17) is 27.9 Å². The minimum absolute atomic E-state index is 0.174. The molecule has 27 heavy (non-hydrogen) atoms. The van der Waals surface area contributed by atoms with E-state index < -0.39 is 0 Å². The molecule has 2 aromatic rings. The Morgan fingerprint density at radius 3 is 2.52 bits per heavy atom. The summed E-state index contributed by atoms with van der Waals surface area (Å²) in [7, 11) is 1.68. The first-order valence-corrected chi connectivity index (χ1v) is 10.1. The van der Waals surface area contributed by atoms with Crippen LogP contribution in [-0.4, -0.2) is 19.6 Å². The highest BCUT2D eigenvalue weighted by Crippen LogP contribution is 2.57. The molecular formula is C22H23Cl2NO2. The van der Waals surface area contributed by atoms with E-state index >= 15 is 0 Å². The Balaban J connectivity index is 1.83. The Kier molecular flexibility index (Phi) is 4.85. The Morgan fingerprint density at radius 2 is 1.81 bits per heavy atom. The smallest absolute Gasteiger partial charge is 0.226 e. The van der Waals surface area contributed by atoms with Gasteiger partial charge < -0.3 is 10.1 Å². The molecule has 142 valence electrons. The van der Waals surface area contributed by atoms with Crippen LogP contribution in [0.15, 0.2) is 42.5 Å². The van der Waals surface area contributed by atoms with Crippen molar-refractivity contribution in [1.82, 2.24) is 5.32 Å². The lowest BCUT2D eigenvalue weighted by Crippen LogP contribution is -2.41. The predicted molar refractivity (Wildman–Crippen MR) is 109 cm³/mol. The zero-order chi connectivity index (χ0) is 19.2. The lowest BCUT2D eigenvalue weighted by molar-refractivity contribution is -0.129. The summed E-state index contributed by atoms with van der Waals surface area (Å²) in [6.45, 7) is 2.81. The van der Waals surface area contributed by atoms with Gasteiger partial charge in [-0.05, 0) is 66.0 Å². The van der Waals surface area contributed by atoms with E-state index in [-0.39, 0.29) is 29.1 Å².